The first-order chi connectivity index (χ1) is 10.1. The molecule has 7 heteroatoms. The van der Waals surface area contributed by atoms with E-state index in [1.165, 1.54) is 19.1 Å². The third-order valence-corrected chi connectivity index (χ3v) is 4.64. The van der Waals surface area contributed by atoms with Crippen molar-refractivity contribution in [1.82, 2.24) is 4.90 Å². The van der Waals surface area contributed by atoms with E-state index in [4.69, 9.17) is 14.2 Å². The molecule has 2 aliphatic rings. The molecule has 0 saturated carbocycles. The van der Waals surface area contributed by atoms with Crippen LogP contribution in [0.3, 0.4) is 0 Å². The van der Waals surface area contributed by atoms with Crippen LogP contribution in [0.25, 0.3) is 0 Å². The zero-order valence-electron chi connectivity index (χ0n) is 11.6. The topological polar surface area (TPSA) is 65.1 Å². The Morgan fingerprint density at radius 2 is 2.19 bits per heavy atom. The lowest BCUT2D eigenvalue weighted by Gasteiger charge is -2.36. The van der Waals surface area contributed by atoms with Gasteiger partial charge in [-0.15, -0.1) is 0 Å². The lowest BCUT2D eigenvalue weighted by Crippen LogP contribution is -2.46. The number of hydrogen-bond acceptors (Lipinski definition) is 5. The van der Waals surface area contributed by atoms with Crippen LogP contribution in [0.1, 0.15) is 17.2 Å². The second kappa shape index (κ2) is 5.22. The molecule has 0 radical (unpaired) electrons. The number of cyclic esters (lactones) is 1. The molecule has 112 valence electrons. The van der Waals surface area contributed by atoms with Crippen LogP contribution < -0.4 is 4.74 Å². The number of halogens is 1. The molecule has 0 aliphatic carbocycles. The number of fused-ring (bicyclic) bond motifs is 2. The summed E-state index contributed by atoms with van der Waals surface area (Å²) < 4.78 is 16.2. The van der Waals surface area contributed by atoms with E-state index in [0.717, 1.165) is 10.0 Å². The van der Waals surface area contributed by atoms with Crippen molar-refractivity contribution >= 4 is 28.0 Å². The summed E-state index contributed by atoms with van der Waals surface area (Å²) in [5.41, 5.74) is 1.61. The highest BCUT2D eigenvalue weighted by Gasteiger charge is 2.48. The maximum Gasteiger partial charge on any atom is 0.411 e. The Hall–Kier alpha value is -1.76. The summed E-state index contributed by atoms with van der Waals surface area (Å²) in [6.45, 7) is 0.273. The number of esters is 1. The fourth-order valence-corrected chi connectivity index (χ4v) is 3.47. The van der Waals surface area contributed by atoms with Gasteiger partial charge in [0.1, 0.15) is 12.4 Å². The molecule has 1 fully saturated rings. The Kier molecular flexibility index (Phi) is 3.52. The average Bonchev–Trinajstić information content (AvgIpc) is 2.86. The number of carbonyl (C=O) groups excluding carboxylic acids is 2. The van der Waals surface area contributed by atoms with Crippen molar-refractivity contribution in [2.75, 3.05) is 20.8 Å². The van der Waals surface area contributed by atoms with E-state index in [9.17, 15) is 9.59 Å². The van der Waals surface area contributed by atoms with Gasteiger partial charge in [-0.3, -0.25) is 4.90 Å². The largest absolute Gasteiger partial charge is 0.496 e. The molecule has 1 aromatic carbocycles. The molecule has 21 heavy (non-hydrogen) atoms. The van der Waals surface area contributed by atoms with Gasteiger partial charge in [0, 0.05) is 10.0 Å². The summed E-state index contributed by atoms with van der Waals surface area (Å²) in [6.07, 6.45) is 0.106. The van der Waals surface area contributed by atoms with E-state index in [1.807, 2.05) is 6.07 Å². The lowest BCUT2D eigenvalue weighted by atomic mass is 9.88. The SMILES string of the molecule is COC(=O)[C@@H]1c2c(OC)ccc(Br)c2C[C@H]2COC(=O)N21. The first-order valence-corrected chi connectivity index (χ1v) is 7.26. The van der Waals surface area contributed by atoms with Gasteiger partial charge in [0.15, 0.2) is 6.04 Å². The summed E-state index contributed by atoms with van der Waals surface area (Å²) in [5, 5.41) is 0. The second-order valence-electron chi connectivity index (χ2n) is 4.91. The highest BCUT2D eigenvalue weighted by molar-refractivity contribution is 9.10. The number of methoxy groups -OCH3 is 2. The number of ether oxygens (including phenoxy) is 3. The molecule has 3 rings (SSSR count). The molecule has 0 spiro atoms. The van der Waals surface area contributed by atoms with Crippen molar-refractivity contribution in [3.8, 4) is 5.75 Å². The normalized spacial score (nSPS) is 23.2. The van der Waals surface area contributed by atoms with E-state index >= 15 is 0 Å². The third-order valence-electron chi connectivity index (χ3n) is 3.90. The molecule has 1 amide bonds. The van der Waals surface area contributed by atoms with Crippen molar-refractivity contribution in [2.45, 2.75) is 18.5 Å². The van der Waals surface area contributed by atoms with Crippen molar-refractivity contribution in [3.05, 3.63) is 27.7 Å². The first kappa shape index (κ1) is 14.2. The Balaban J connectivity index is 2.21. The van der Waals surface area contributed by atoms with Gasteiger partial charge < -0.3 is 14.2 Å². The molecule has 0 N–H and O–H groups in total. The van der Waals surface area contributed by atoms with E-state index in [0.29, 0.717) is 17.7 Å². The van der Waals surface area contributed by atoms with Crippen molar-refractivity contribution in [2.24, 2.45) is 0 Å². The minimum absolute atomic E-state index is 0.169. The molecular formula is C14H14BrNO5. The number of nitrogens with zero attached hydrogens (tertiary/aromatic N) is 1. The van der Waals surface area contributed by atoms with Gasteiger partial charge in [-0.1, -0.05) is 15.9 Å². The van der Waals surface area contributed by atoms with Crippen molar-refractivity contribution < 1.29 is 23.8 Å². The molecular weight excluding hydrogens is 342 g/mol. The first-order valence-electron chi connectivity index (χ1n) is 6.46. The molecule has 2 aliphatic heterocycles. The Morgan fingerprint density at radius 3 is 2.86 bits per heavy atom. The number of benzene rings is 1. The third kappa shape index (κ3) is 2.07. The van der Waals surface area contributed by atoms with Crippen molar-refractivity contribution in [3.63, 3.8) is 0 Å². The standard InChI is InChI=1S/C14H14BrNO5/c1-19-10-4-3-9(15)8-5-7-6-21-14(18)16(7)12(11(8)10)13(17)20-2/h3-4,7,12H,5-6H2,1-2H3/t7-,12-/m0/s1. The predicted octanol–water partition coefficient (Wildman–Crippen LogP) is 2.05. The van der Waals surface area contributed by atoms with E-state index in [2.05, 4.69) is 15.9 Å². The minimum Gasteiger partial charge on any atom is -0.496 e. The zero-order valence-corrected chi connectivity index (χ0v) is 13.2. The Bertz CT molecular complexity index is 618. The molecule has 1 saturated heterocycles. The van der Waals surface area contributed by atoms with Crippen molar-refractivity contribution in [1.29, 1.82) is 0 Å². The average molecular weight is 356 g/mol. The van der Waals surface area contributed by atoms with Crippen LogP contribution in [-0.4, -0.2) is 43.8 Å². The van der Waals surface area contributed by atoms with Crippen LogP contribution in [0.5, 0.6) is 5.75 Å². The van der Waals surface area contributed by atoms with Crippen LogP contribution in [0.4, 0.5) is 4.79 Å². The fourth-order valence-electron chi connectivity index (χ4n) is 2.96. The Labute approximate surface area is 130 Å². The highest BCUT2D eigenvalue weighted by atomic mass is 79.9. The van der Waals surface area contributed by atoms with E-state index < -0.39 is 18.1 Å². The summed E-state index contributed by atoms with van der Waals surface area (Å²) in [7, 11) is 2.84. The van der Waals surface area contributed by atoms with Gasteiger partial charge in [0.05, 0.1) is 20.3 Å². The maximum atomic E-state index is 12.3. The molecule has 1 aromatic rings. The number of rotatable bonds is 2. The lowest BCUT2D eigenvalue weighted by molar-refractivity contribution is -0.147. The summed E-state index contributed by atoms with van der Waals surface area (Å²) >= 11 is 3.50. The Morgan fingerprint density at radius 1 is 1.43 bits per heavy atom. The molecule has 2 heterocycles. The van der Waals surface area contributed by atoms with E-state index in [-0.39, 0.29) is 12.6 Å². The van der Waals surface area contributed by atoms with Gasteiger partial charge in [0.2, 0.25) is 0 Å². The van der Waals surface area contributed by atoms with Crippen LogP contribution in [0.15, 0.2) is 16.6 Å². The van der Waals surface area contributed by atoms with Crippen LogP contribution in [0.2, 0.25) is 0 Å². The number of hydrogen-bond donors (Lipinski definition) is 0. The van der Waals surface area contributed by atoms with Gasteiger partial charge in [-0.2, -0.15) is 0 Å². The van der Waals surface area contributed by atoms with Gasteiger partial charge in [-0.25, -0.2) is 9.59 Å². The smallest absolute Gasteiger partial charge is 0.411 e. The minimum atomic E-state index is -0.841. The summed E-state index contributed by atoms with van der Waals surface area (Å²) in [6, 6.07) is 2.63. The maximum absolute atomic E-state index is 12.3. The predicted molar refractivity (Wildman–Crippen MR) is 76.1 cm³/mol. The molecule has 0 aromatic heterocycles. The summed E-state index contributed by atoms with van der Waals surface area (Å²) in [5.74, 6) is 0.0537. The zero-order chi connectivity index (χ0) is 15.1. The highest BCUT2D eigenvalue weighted by Crippen LogP contribution is 2.44. The molecule has 0 unspecified atom stereocenters. The monoisotopic (exact) mass is 355 g/mol. The summed E-state index contributed by atoms with van der Waals surface area (Å²) in [4.78, 5) is 25.7. The number of amides is 1. The van der Waals surface area contributed by atoms with E-state index in [1.54, 1.807) is 6.07 Å². The number of carbonyl (C=O) groups is 2. The van der Waals surface area contributed by atoms with Crippen LogP contribution in [-0.2, 0) is 20.7 Å². The van der Waals surface area contributed by atoms with Gasteiger partial charge >= 0.3 is 12.1 Å². The molecule has 6 nitrogen and oxygen atoms in total. The fraction of sp³-hybridized carbons (Fsp3) is 0.429. The van der Waals surface area contributed by atoms with Gasteiger partial charge in [0.25, 0.3) is 0 Å². The quantitative estimate of drug-likeness (QED) is 0.759. The molecule has 2 atom stereocenters. The molecule has 0 bridgehead atoms. The van der Waals surface area contributed by atoms with Crippen LogP contribution >= 0.6 is 15.9 Å². The second-order valence-corrected chi connectivity index (χ2v) is 5.76. The van der Waals surface area contributed by atoms with Crippen LogP contribution in [0, 0.1) is 0 Å². The van der Waals surface area contributed by atoms with Gasteiger partial charge in [-0.05, 0) is 24.1 Å².